The number of nitrogens with two attached hydrogens (primary N) is 1. The van der Waals surface area contributed by atoms with Gasteiger partial charge in [0.15, 0.2) is 17.1 Å². The van der Waals surface area contributed by atoms with Crippen molar-refractivity contribution in [3.8, 4) is 17.2 Å². The number of benzene rings is 3. The third kappa shape index (κ3) is 3.89. The van der Waals surface area contributed by atoms with E-state index in [1.54, 1.807) is 30.9 Å². The van der Waals surface area contributed by atoms with Gasteiger partial charge in [0.05, 0.1) is 37.0 Å². The summed E-state index contributed by atoms with van der Waals surface area (Å²) in [6.07, 6.45) is 0. The third-order valence-electron chi connectivity index (χ3n) is 6.00. The zero-order valence-electron chi connectivity index (χ0n) is 19.6. The molecule has 3 aromatic carbocycles. The summed E-state index contributed by atoms with van der Waals surface area (Å²) in [7, 11) is 3.14. The number of ether oxygens (including phenoxy) is 2. The standard InChI is InChI=1S/C27H25N5O3/c1-16(17-9-5-4-6-10-17)29-27(33)23-24-26(31-20-12-8-7-11-19(20)30-24)32(25(23)28)18-13-14-21(34-2)22(15-18)35-3/h4-16H,28H2,1-3H3,(H,29,33). The van der Waals surface area contributed by atoms with Gasteiger partial charge in [0.1, 0.15) is 16.9 Å². The van der Waals surface area contributed by atoms with Gasteiger partial charge >= 0.3 is 0 Å². The molecule has 0 saturated carbocycles. The van der Waals surface area contributed by atoms with Crippen molar-refractivity contribution in [1.82, 2.24) is 19.9 Å². The van der Waals surface area contributed by atoms with Crippen molar-refractivity contribution in [2.45, 2.75) is 13.0 Å². The van der Waals surface area contributed by atoms with Crippen LogP contribution in [0.5, 0.6) is 11.5 Å². The normalized spacial score (nSPS) is 12.0. The van der Waals surface area contributed by atoms with Crippen LogP contribution in [0.15, 0.2) is 72.8 Å². The summed E-state index contributed by atoms with van der Waals surface area (Å²) in [4.78, 5) is 23.2. The molecule has 0 bridgehead atoms. The van der Waals surface area contributed by atoms with E-state index in [9.17, 15) is 4.79 Å². The van der Waals surface area contributed by atoms with Crippen molar-refractivity contribution in [2.24, 2.45) is 0 Å². The summed E-state index contributed by atoms with van der Waals surface area (Å²) in [6, 6.07) is 22.4. The highest BCUT2D eigenvalue weighted by atomic mass is 16.5. The number of methoxy groups -OCH3 is 2. The minimum atomic E-state index is -0.326. The van der Waals surface area contributed by atoms with Gasteiger partial charge in [-0.1, -0.05) is 42.5 Å². The van der Waals surface area contributed by atoms with E-state index in [4.69, 9.17) is 25.2 Å². The van der Waals surface area contributed by atoms with Crippen LogP contribution in [0.3, 0.4) is 0 Å². The number of nitrogens with zero attached hydrogens (tertiary/aromatic N) is 3. The predicted octanol–water partition coefficient (Wildman–Crippen LogP) is 4.66. The average molecular weight is 468 g/mol. The lowest BCUT2D eigenvalue weighted by molar-refractivity contribution is 0.0942. The van der Waals surface area contributed by atoms with Crippen molar-refractivity contribution in [1.29, 1.82) is 0 Å². The summed E-state index contributed by atoms with van der Waals surface area (Å²) in [5.74, 6) is 1.02. The Kier molecular flexibility index (Phi) is 5.70. The highest BCUT2D eigenvalue weighted by molar-refractivity contribution is 6.11. The molecule has 0 saturated heterocycles. The lowest BCUT2D eigenvalue weighted by Gasteiger charge is -2.15. The Morgan fingerprint density at radius 3 is 2.26 bits per heavy atom. The van der Waals surface area contributed by atoms with E-state index in [0.29, 0.717) is 39.4 Å². The van der Waals surface area contributed by atoms with E-state index in [0.717, 1.165) is 5.56 Å². The number of carbonyl (C=O) groups is 1. The molecule has 8 heteroatoms. The molecule has 2 heterocycles. The molecule has 0 fully saturated rings. The summed E-state index contributed by atoms with van der Waals surface area (Å²) in [5, 5.41) is 3.05. The van der Waals surface area contributed by atoms with E-state index < -0.39 is 0 Å². The van der Waals surface area contributed by atoms with Gasteiger partial charge in [0.25, 0.3) is 5.91 Å². The topological polar surface area (TPSA) is 104 Å². The first-order valence-corrected chi connectivity index (χ1v) is 11.2. The van der Waals surface area contributed by atoms with Gasteiger partial charge in [-0.2, -0.15) is 0 Å². The van der Waals surface area contributed by atoms with E-state index in [-0.39, 0.29) is 23.3 Å². The van der Waals surface area contributed by atoms with Gasteiger partial charge in [-0.25, -0.2) is 9.97 Å². The quantitative estimate of drug-likeness (QED) is 0.376. The second-order valence-electron chi connectivity index (χ2n) is 8.13. The first-order chi connectivity index (χ1) is 17.0. The number of nitrogens with one attached hydrogen (secondary N) is 1. The molecule has 2 aromatic heterocycles. The molecule has 5 aromatic rings. The molecule has 5 rings (SSSR count). The SMILES string of the molecule is COc1ccc(-n2c(N)c(C(=O)NC(C)c3ccccc3)c3nc4ccccc4nc32)cc1OC. The smallest absolute Gasteiger partial charge is 0.257 e. The molecule has 0 aliphatic carbocycles. The second-order valence-corrected chi connectivity index (χ2v) is 8.13. The maximum Gasteiger partial charge on any atom is 0.257 e. The van der Waals surface area contributed by atoms with E-state index in [1.165, 1.54) is 0 Å². The lowest BCUT2D eigenvalue weighted by Crippen LogP contribution is -2.27. The van der Waals surface area contributed by atoms with Gasteiger partial charge in [-0.15, -0.1) is 0 Å². The van der Waals surface area contributed by atoms with Crippen molar-refractivity contribution in [3.05, 3.63) is 83.9 Å². The molecule has 176 valence electrons. The molecule has 0 aliphatic rings. The van der Waals surface area contributed by atoms with Crippen LogP contribution in [0.4, 0.5) is 5.82 Å². The molecular formula is C27H25N5O3. The Morgan fingerprint density at radius 2 is 1.57 bits per heavy atom. The highest BCUT2D eigenvalue weighted by Crippen LogP contribution is 2.35. The Hall–Kier alpha value is -4.59. The van der Waals surface area contributed by atoms with Crippen LogP contribution >= 0.6 is 0 Å². The number of rotatable bonds is 6. The van der Waals surface area contributed by atoms with Crippen molar-refractivity contribution in [3.63, 3.8) is 0 Å². The van der Waals surface area contributed by atoms with Crippen LogP contribution in [-0.2, 0) is 0 Å². The first-order valence-electron chi connectivity index (χ1n) is 11.2. The van der Waals surface area contributed by atoms with E-state index >= 15 is 0 Å². The summed E-state index contributed by atoms with van der Waals surface area (Å²) in [5.41, 5.74) is 10.8. The van der Waals surface area contributed by atoms with Crippen LogP contribution < -0.4 is 20.5 Å². The minimum absolute atomic E-state index is 0.226. The molecular weight excluding hydrogens is 442 g/mol. The monoisotopic (exact) mass is 467 g/mol. The number of nitrogen functional groups attached to an aromatic ring is 1. The molecule has 0 aliphatic heterocycles. The van der Waals surface area contributed by atoms with Crippen LogP contribution in [0, 0.1) is 0 Å². The largest absolute Gasteiger partial charge is 0.493 e. The molecule has 1 atom stereocenters. The fourth-order valence-electron chi connectivity index (χ4n) is 4.20. The van der Waals surface area contributed by atoms with Crippen molar-refractivity contribution >= 4 is 33.9 Å². The zero-order chi connectivity index (χ0) is 24.5. The maximum atomic E-state index is 13.6. The Labute approximate surface area is 202 Å². The molecule has 0 spiro atoms. The van der Waals surface area contributed by atoms with Crippen molar-refractivity contribution < 1.29 is 14.3 Å². The van der Waals surface area contributed by atoms with E-state index in [1.807, 2.05) is 67.6 Å². The number of hydrogen-bond acceptors (Lipinski definition) is 6. The first kappa shape index (κ1) is 22.2. The summed E-state index contributed by atoms with van der Waals surface area (Å²) < 4.78 is 12.6. The third-order valence-corrected chi connectivity index (χ3v) is 6.00. The van der Waals surface area contributed by atoms with Gasteiger partial charge in [0, 0.05) is 6.07 Å². The molecule has 35 heavy (non-hydrogen) atoms. The summed E-state index contributed by atoms with van der Waals surface area (Å²) >= 11 is 0. The number of anilines is 1. The number of fused-ring (bicyclic) bond motifs is 2. The number of para-hydroxylation sites is 2. The van der Waals surface area contributed by atoms with Crippen LogP contribution in [-0.4, -0.2) is 34.7 Å². The molecule has 1 unspecified atom stereocenters. The number of aromatic nitrogens is 3. The minimum Gasteiger partial charge on any atom is -0.493 e. The fraction of sp³-hybridized carbons (Fsp3) is 0.148. The number of carbonyl (C=O) groups excluding carboxylic acids is 1. The highest BCUT2D eigenvalue weighted by Gasteiger charge is 2.26. The van der Waals surface area contributed by atoms with Crippen LogP contribution in [0.1, 0.15) is 28.9 Å². The molecule has 1 amide bonds. The summed E-state index contributed by atoms with van der Waals surface area (Å²) in [6.45, 7) is 1.93. The zero-order valence-corrected chi connectivity index (χ0v) is 19.6. The lowest BCUT2D eigenvalue weighted by atomic mass is 10.1. The van der Waals surface area contributed by atoms with Crippen molar-refractivity contribution in [2.75, 3.05) is 20.0 Å². The Bertz CT molecular complexity index is 1550. The van der Waals surface area contributed by atoms with Gasteiger partial charge in [-0.05, 0) is 36.8 Å². The Balaban J connectivity index is 1.70. The predicted molar refractivity (Wildman–Crippen MR) is 136 cm³/mol. The van der Waals surface area contributed by atoms with Crippen LogP contribution in [0.2, 0.25) is 0 Å². The second kappa shape index (κ2) is 8.98. The van der Waals surface area contributed by atoms with Gasteiger partial charge < -0.3 is 20.5 Å². The maximum absolute atomic E-state index is 13.6. The average Bonchev–Trinajstić information content (AvgIpc) is 3.17. The van der Waals surface area contributed by atoms with E-state index in [2.05, 4.69) is 5.32 Å². The van der Waals surface area contributed by atoms with Crippen LogP contribution in [0.25, 0.3) is 27.9 Å². The van der Waals surface area contributed by atoms with Gasteiger partial charge in [-0.3, -0.25) is 9.36 Å². The Morgan fingerprint density at radius 1 is 0.914 bits per heavy atom. The van der Waals surface area contributed by atoms with Gasteiger partial charge in [0.2, 0.25) is 0 Å². The number of amides is 1. The number of hydrogen-bond donors (Lipinski definition) is 2. The fourth-order valence-corrected chi connectivity index (χ4v) is 4.20. The molecule has 3 N–H and O–H groups in total. The molecule has 8 nitrogen and oxygen atoms in total. The molecule has 0 radical (unpaired) electrons.